The standard InChI is InChI=1S/C34H38N4O5S/c1-22-11-9-14-27(23(22)2)38-34-31(32(36-38)24-12-7-6-8-13-24)33(26-19-25(42-4)15-16-28(26)43-5)44-21-30(40)37(34)20-29(39)35-17-10-18-41-3/h6-9,11-16,19,33H,10,17-18,20-21H2,1-5H3,(H,35,39). The van der Waals surface area contributed by atoms with Gasteiger partial charge in [0.1, 0.15) is 23.9 Å². The van der Waals surface area contributed by atoms with Crippen molar-refractivity contribution in [1.82, 2.24) is 15.1 Å². The number of aryl methyl sites for hydroxylation is 1. The molecule has 1 aliphatic rings. The minimum atomic E-state index is -0.358. The van der Waals surface area contributed by atoms with Gasteiger partial charge in [-0.1, -0.05) is 42.5 Å². The first-order valence-electron chi connectivity index (χ1n) is 14.5. The molecule has 0 bridgehead atoms. The van der Waals surface area contributed by atoms with Crippen LogP contribution < -0.4 is 19.7 Å². The van der Waals surface area contributed by atoms with Gasteiger partial charge in [0.05, 0.1) is 36.6 Å². The maximum Gasteiger partial charge on any atom is 0.240 e. The first-order valence-corrected chi connectivity index (χ1v) is 15.6. The lowest BCUT2D eigenvalue weighted by molar-refractivity contribution is -0.122. The smallest absolute Gasteiger partial charge is 0.240 e. The molecule has 1 unspecified atom stereocenters. The molecule has 1 N–H and O–H groups in total. The molecule has 3 aromatic carbocycles. The number of carbonyl (C=O) groups excluding carboxylic acids is 2. The third-order valence-corrected chi connectivity index (χ3v) is 9.05. The minimum Gasteiger partial charge on any atom is -0.497 e. The predicted octanol–water partition coefficient (Wildman–Crippen LogP) is 5.50. The fourth-order valence-electron chi connectivity index (χ4n) is 5.40. The molecule has 5 rings (SSSR count). The minimum absolute atomic E-state index is 0.147. The van der Waals surface area contributed by atoms with Crippen molar-refractivity contribution in [3.05, 3.63) is 89.0 Å². The zero-order chi connectivity index (χ0) is 31.2. The lowest BCUT2D eigenvalue weighted by atomic mass is 9.98. The summed E-state index contributed by atoms with van der Waals surface area (Å²) in [6.07, 6.45) is 0.674. The number of amides is 2. The number of anilines is 1. The highest BCUT2D eigenvalue weighted by molar-refractivity contribution is 8.00. The molecule has 2 heterocycles. The van der Waals surface area contributed by atoms with E-state index < -0.39 is 0 Å². The van der Waals surface area contributed by atoms with Crippen molar-refractivity contribution >= 4 is 29.4 Å². The molecule has 0 spiro atoms. The SMILES string of the molecule is COCCCNC(=O)CN1C(=O)CSC(c2cc(OC)ccc2OC)c2c(-c3ccccc3)nn(-c3cccc(C)c3C)c21. The van der Waals surface area contributed by atoms with E-state index in [1.165, 1.54) is 11.8 Å². The van der Waals surface area contributed by atoms with Gasteiger partial charge in [-0.2, -0.15) is 5.10 Å². The Morgan fingerprint density at radius 1 is 1.02 bits per heavy atom. The second-order valence-corrected chi connectivity index (χ2v) is 11.7. The van der Waals surface area contributed by atoms with E-state index in [0.29, 0.717) is 36.9 Å². The van der Waals surface area contributed by atoms with E-state index in [1.807, 2.05) is 72.3 Å². The summed E-state index contributed by atoms with van der Waals surface area (Å²) in [5.74, 6) is 1.63. The monoisotopic (exact) mass is 614 g/mol. The normalized spacial score (nSPS) is 14.6. The highest BCUT2D eigenvalue weighted by Crippen LogP contribution is 2.51. The number of ether oxygens (including phenoxy) is 3. The van der Waals surface area contributed by atoms with Crippen molar-refractivity contribution in [2.75, 3.05) is 51.7 Å². The van der Waals surface area contributed by atoms with Crippen molar-refractivity contribution in [3.63, 3.8) is 0 Å². The summed E-state index contributed by atoms with van der Waals surface area (Å²) in [5.41, 5.74) is 6.27. The van der Waals surface area contributed by atoms with Gasteiger partial charge in [-0.25, -0.2) is 4.68 Å². The maximum atomic E-state index is 14.0. The Balaban J connectivity index is 1.78. The van der Waals surface area contributed by atoms with Crippen molar-refractivity contribution in [1.29, 1.82) is 0 Å². The highest BCUT2D eigenvalue weighted by atomic mass is 32.2. The molecule has 0 saturated carbocycles. The molecule has 2 amide bonds. The molecule has 0 fully saturated rings. The summed E-state index contributed by atoms with van der Waals surface area (Å²) in [6.45, 7) is 4.93. The maximum absolute atomic E-state index is 14.0. The molecule has 0 radical (unpaired) electrons. The Morgan fingerprint density at radius 2 is 1.82 bits per heavy atom. The van der Waals surface area contributed by atoms with Crippen LogP contribution >= 0.6 is 11.8 Å². The van der Waals surface area contributed by atoms with Gasteiger partial charge < -0.3 is 19.5 Å². The average Bonchev–Trinajstić information content (AvgIpc) is 3.36. The summed E-state index contributed by atoms with van der Waals surface area (Å²) in [7, 11) is 4.89. The summed E-state index contributed by atoms with van der Waals surface area (Å²) in [6, 6.07) is 21.7. The topological polar surface area (TPSA) is 94.9 Å². The van der Waals surface area contributed by atoms with Gasteiger partial charge in [0, 0.05) is 37.0 Å². The van der Waals surface area contributed by atoms with E-state index in [4.69, 9.17) is 19.3 Å². The van der Waals surface area contributed by atoms with Gasteiger partial charge in [0.15, 0.2) is 0 Å². The number of thioether (sulfide) groups is 1. The molecule has 4 aromatic rings. The van der Waals surface area contributed by atoms with Gasteiger partial charge in [-0.05, 0) is 55.7 Å². The number of hydrogen-bond acceptors (Lipinski definition) is 7. The average molecular weight is 615 g/mol. The Labute approximate surface area is 262 Å². The van der Waals surface area contributed by atoms with Gasteiger partial charge >= 0.3 is 0 Å². The lowest BCUT2D eigenvalue weighted by Gasteiger charge is -2.24. The van der Waals surface area contributed by atoms with E-state index in [2.05, 4.69) is 18.3 Å². The molecular weight excluding hydrogens is 576 g/mol. The van der Waals surface area contributed by atoms with Crippen molar-refractivity contribution < 1.29 is 23.8 Å². The molecule has 9 nitrogen and oxygen atoms in total. The molecule has 1 aromatic heterocycles. The number of aromatic nitrogens is 2. The molecule has 10 heteroatoms. The summed E-state index contributed by atoms with van der Waals surface area (Å²) < 4.78 is 18.4. The zero-order valence-electron chi connectivity index (χ0n) is 25.8. The summed E-state index contributed by atoms with van der Waals surface area (Å²) in [4.78, 5) is 28.9. The fraction of sp³-hybridized carbons (Fsp3) is 0.324. The van der Waals surface area contributed by atoms with Crippen molar-refractivity contribution in [2.45, 2.75) is 25.5 Å². The number of methoxy groups -OCH3 is 3. The molecule has 0 aliphatic carbocycles. The van der Waals surface area contributed by atoms with Crippen LogP contribution in [0.5, 0.6) is 11.5 Å². The quantitative estimate of drug-likeness (QED) is 0.223. The predicted molar refractivity (Wildman–Crippen MR) is 174 cm³/mol. The number of carbonyl (C=O) groups is 2. The highest BCUT2D eigenvalue weighted by Gasteiger charge is 2.39. The van der Waals surface area contributed by atoms with Crippen molar-refractivity contribution in [2.24, 2.45) is 0 Å². The Morgan fingerprint density at radius 3 is 2.55 bits per heavy atom. The number of fused-ring (bicyclic) bond motifs is 1. The molecule has 44 heavy (non-hydrogen) atoms. The van der Waals surface area contributed by atoms with Crippen LogP contribution in [0.1, 0.15) is 33.9 Å². The lowest BCUT2D eigenvalue weighted by Crippen LogP contribution is -2.42. The molecule has 1 atom stereocenters. The molecular formula is C34H38N4O5S. The van der Waals surface area contributed by atoms with Crippen LogP contribution in [0.25, 0.3) is 16.9 Å². The van der Waals surface area contributed by atoms with Crippen molar-refractivity contribution in [3.8, 4) is 28.4 Å². The van der Waals surface area contributed by atoms with Crippen LogP contribution in [0.4, 0.5) is 5.82 Å². The van der Waals surface area contributed by atoms with Gasteiger partial charge in [0.2, 0.25) is 11.8 Å². The van der Waals surface area contributed by atoms with E-state index in [0.717, 1.165) is 39.2 Å². The molecule has 0 saturated heterocycles. The zero-order valence-corrected chi connectivity index (χ0v) is 26.6. The van der Waals surface area contributed by atoms with Crippen LogP contribution in [0.2, 0.25) is 0 Å². The Bertz CT molecular complexity index is 1640. The second kappa shape index (κ2) is 14.0. The number of rotatable bonds is 11. The van der Waals surface area contributed by atoms with E-state index in [-0.39, 0.29) is 29.4 Å². The number of hydrogen-bond donors (Lipinski definition) is 1. The fourth-order valence-corrected chi connectivity index (χ4v) is 6.61. The number of nitrogens with zero attached hydrogens (tertiary/aromatic N) is 3. The first kappa shape index (κ1) is 31.2. The first-order chi connectivity index (χ1) is 21.4. The second-order valence-electron chi connectivity index (χ2n) is 10.6. The van der Waals surface area contributed by atoms with Crippen LogP contribution in [0.3, 0.4) is 0 Å². The van der Waals surface area contributed by atoms with E-state index in [1.54, 1.807) is 26.2 Å². The van der Waals surface area contributed by atoms with Gasteiger partial charge in [0.25, 0.3) is 0 Å². The third kappa shape index (κ3) is 6.32. The summed E-state index contributed by atoms with van der Waals surface area (Å²) in [5, 5.41) is 7.80. The Kier molecular flexibility index (Phi) is 9.92. The van der Waals surface area contributed by atoms with Crippen LogP contribution in [0.15, 0.2) is 66.7 Å². The largest absolute Gasteiger partial charge is 0.497 e. The molecule has 1 aliphatic heterocycles. The van der Waals surface area contributed by atoms with Gasteiger partial charge in [-0.15, -0.1) is 11.8 Å². The Hall–Kier alpha value is -4.28. The molecule has 230 valence electrons. The van der Waals surface area contributed by atoms with Crippen LogP contribution in [-0.2, 0) is 14.3 Å². The third-order valence-electron chi connectivity index (χ3n) is 7.81. The van der Waals surface area contributed by atoms with E-state index >= 15 is 0 Å². The van der Waals surface area contributed by atoms with Crippen LogP contribution in [0, 0.1) is 13.8 Å². The van der Waals surface area contributed by atoms with E-state index in [9.17, 15) is 9.59 Å². The van der Waals surface area contributed by atoms with Gasteiger partial charge in [-0.3, -0.25) is 14.5 Å². The number of benzene rings is 3. The van der Waals surface area contributed by atoms with Crippen LogP contribution in [-0.4, -0.2) is 68.4 Å². The summed E-state index contributed by atoms with van der Waals surface area (Å²) >= 11 is 1.49. The number of nitrogens with one attached hydrogen (secondary N) is 1.